The van der Waals surface area contributed by atoms with Gasteiger partial charge in [-0.3, -0.25) is 0 Å². The lowest BCUT2D eigenvalue weighted by molar-refractivity contribution is 0.145. The predicted octanol–water partition coefficient (Wildman–Crippen LogP) is 3.71. The molecule has 0 radical (unpaired) electrons. The standard InChI is InChI=1S/C10H21BrOS/c1-2-13-10-9-12-8-6-4-3-5-7-11/h2-10H2,1H3. The summed E-state index contributed by atoms with van der Waals surface area (Å²) in [6.07, 6.45) is 5.17. The molecule has 3 heteroatoms. The zero-order valence-corrected chi connectivity index (χ0v) is 11.0. The predicted molar refractivity (Wildman–Crippen MR) is 66.1 cm³/mol. The molecule has 0 atom stereocenters. The second-order valence-corrected chi connectivity index (χ2v) is 5.10. The van der Waals surface area contributed by atoms with Crippen LogP contribution in [0.3, 0.4) is 0 Å². The Morgan fingerprint density at radius 3 is 2.54 bits per heavy atom. The lowest BCUT2D eigenvalue weighted by atomic mass is 10.2. The third kappa shape index (κ3) is 12.8. The molecule has 0 rings (SSSR count). The number of thioether (sulfide) groups is 1. The molecular formula is C10H21BrOS. The highest BCUT2D eigenvalue weighted by Gasteiger charge is 1.90. The summed E-state index contributed by atoms with van der Waals surface area (Å²) < 4.78 is 5.48. The number of hydrogen-bond acceptors (Lipinski definition) is 2. The van der Waals surface area contributed by atoms with Crippen LogP contribution in [0.5, 0.6) is 0 Å². The number of alkyl halides is 1. The lowest BCUT2D eigenvalue weighted by Gasteiger charge is -2.02. The van der Waals surface area contributed by atoms with E-state index in [4.69, 9.17) is 4.74 Å². The Bertz CT molecular complexity index is 81.0. The lowest BCUT2D eigenvalue weighted by Crippen LogP contribution is -1.99. The van der Waals surface area contributed by atoms with E-state index in [1.165, 1.54) is 31.4 Å². The summed E-state index contributed by atoms with van der Waals surface area (Å²) in [5, 5.41) is 1.14. The van der Waals surface area contributed by atoms with Crippen molar-refractivity contribution in [3.05, 3.63) is 0 Å². The first-order chi connectivity index (χ1) is 6.41. The summed E-state index contributed by atoms with van der Waals surface area (Å²) in [5.41, 5.74) is 0. The van der Waals surface area contributed by atoms with Gasteiger partial charge in [0.2, 0.25) is 0 Å². The summed E-state index contributed by atoms with van der Waals surface area (Å²) in [6.45, 7) is 4.06. The van der Waals surface area contributed by atoms with E-state index in [2.05, 4.69) is 22.9 Å². The quantitative estimate of drug-likeness (QED) is 0.441. The smallest absolute Gasteiger partial charge is 0.0556 e. The Balaban J connectivity index is 2.76. The molecule has 0 N–H and O–H groups in total. The summed E-state index contributed by atoms with van der Waals surface area (Å²) in [5.74, 6) is 2.35. The van der Waals surface area contributed by atoms with Gasteiger partial charge in [-0.15, -0.1) is 0 Å². The van der Waals surface area contributed by atoms with Crippen molar-refractivity contribution < 1.29 is 4.74 Å². The highest BCUT2D eigenvalue weighted by molar-refractivity contribution is 9.09. The topological polar surface area (TPSA) is 9.23 Å². The van der Waals surface area contributed by atoms with Gasteiger partial charge in [-0.25, -0.2) is 0 Å². The number of rotatable bonds is 10. The molecule has 0 aromatic carbocycles. The van der Waals surface area contributed by atoms with Gasteiger partial charge in [0.05, 0.1) is 6.61 Å². The van der Waals surface area contributed by atoms with Crippen LogP contribution in [0, 0.1) is 0 Å². The van der Waals surface area contributed by atoms with Crippen LogP contribution in [0.15, 0.2) is 0 Å². The monoisotopic (exact) mass is 268 g/mol. The minimum atomic E-state index is 0.928. The maximum Gasteiger partial charge on any atom is 0.0556 e. The van der Waals surface area contributed by atoms with Gasteiger partial charge in [0, 0.05) is 17.7 Å². The average molecular weight is 269 g/mol. The molecule has 0 aromatic heterocycles. The van der Waals surface area contributed by atoms with E-state index < -0.39 is 0 Å². The molecule has 0 aliphatic rings. The Morgan fingerprint density at radius 1 is 1.08 bits per heavy atom. The molecular weight excluding hydrogens is 248 g/mol. The molecule has 0 heterocycles. The first-order valence-electron chi connectivity index (χ1n) is 5.13. The van der Waals surface area contributed by atoms with Crippen molar-refractivity contribution in [1.29, 1.82) is 0 Å². The molecule has 0 saturated carbocycles. The van der Waals surface area contributed by atoms with Crippen molar-refractivity contribution in [2.24, 2.45) is 0 Å². The molecule has 0 fully saturated rings. The first kappa shape index (κ1) is 13.8. The van der Waals surface area contributed by atoms with Gasteiger partial charge in [0.15, 0.2) is 0 Å². The molecule has 0 unspecified atom stereocenters. The number of ether oxygens (including phenoxy) is 1. The Labute approximate surface area is 95.1 Å². The normalized spacial score (nSPS) is 10.6. The van der Waals surface area contributed by atoms with Crippen LogP contribution in [0.25, 0.3) is 0 Å². The Kier molecular flexibility index (Phi) is 13.6. The molecule has 0 aliphatic heterocycles. The largest absolute Gasteiger partial charge is 0.381 e. The van der Waals surface area contributed by atoms with Crippen LogP contribution < -0.4 is 0 Å². The van der Waals surface area contributed by atoms with E-state index in [1.54, 1.807) is 0 Å². The molecule has 0 spiro atoms. The van der Waals surface area contributed by atoms with E-state index in [0.717, 1.165) is 24.3 Å². The van der Waals surface area contributed by atoms with Gasteiger partial charge in [0.1, 0.15) is 0 Å². The number of hydrogen-bond donors (Lipinski definition) is 0. The molecule has 0 amide bonds. The fraction of sp³-hybridized carbons (Fsp3) is 1.00. The van der Waals surface area contributed by atoms with Gasteiger partial charge in [0.25, 0.3) is 0 Å². The first-order valence-corrected chi connectivity index (χ1v) is 7.41. The highest BCUT2D eigenvalue weighted by atomic mass is 79.9. The summed E-state index contributed by atoms with van der Waals surface area (Å²) in [7, 11) is 0. The van der Waals surface area contributed by atoms with Gasteiger partial charge in [-0.1, -0.05) is 35.7 Å². The van der Waals surface area contributed by atoms with E-state index in [0.29, 0.717) is 0 Å². The van der Waals surface area contributed by atoms with Crippen LogP contribution in [0.4, 0.5) is 0 Å². The van der Waals surface area contributed by atoms with E-state index in [1.807, 2.05) is 11.8 Å². The summed E-state index contributed by atoms with van der Waals surface area (Å²) in [6, 6.07) is 0. The second-order valence-electron chi connectivity index (χ2n) is 2.91. The second kappa shape index (κ2) is 12.8. The van der Waals surface area contributed by atoms with Crippen molar-refractivity contribution in [2.75, 3.05) is 30.0 Å². The highest BCUT2D eigenvalue weighted by Crippen LogP contribution is 2.02. The zero-order valence-electron chi connectivity index (χ0n) is 8.56. The van der Waals surface area contributed by atoms with Gasteiger partial charge in [-0.2, -0.15) is 11.8 Å². The SMILES string of the molecule is CCSCCOCCCCCCBr. The molecule has 1 nitrogen and oxygen atoms in total. The van der Waals surface area contributed by atoms with E-state index in [-0.39, 0.29) is 0 Å². The summed E-state index contributed by atoms with van der Waals surface area (Å²) >= 11 is 5.38. The maximum absolute atomic E-state index is 5.48. The third-order valence-electron chi connectivity index (χ3n) is 1.75. The van der Waals surface area contributed by atoms with Crippen LogP contribution >= 0.6 is 27.7 Å². The maximum atomic E-state index is 5.48. The average Bonchev–Trinajstić information content (AvgIpc) is 2.16. The van der Waals surface area contributed by atoms with Crippen LogP contribution in [-0.2, 0) is 4.74 Å². The van der Waals surface area contributed by atoms with Crippen LogP contribution in [-0.4, -0.2) is 30.0 Å². The molecule has 0 saturated heterocycles. The third-order valence-corrected chi connectivity index (χ3v) is 3.17. The van der Waals surface area contributed by atoms with Crippen molar-refractivity contribution in [3.63, 3.8) is 0 Å². The van der Waals surface area contributed by atoms with Crippen molar-refractivity contribution in [2.45, 2.75) is 32.6 Å². The fourth-order valence-corrected chi connectivity index (χ4v) is 1.94. The molecule has 80 valence electrons. The Morgan fingerprint density at radius 2 is 1.85 bits per heavy atom. The van der Waals surface area contributed by atoms with Crippen LogP contribution in [0.1, 0.15) is 32.6 Å². The van der Waals surface area contributed by atoms with Crippen molar-refractivity contribution >= 4 is 27.7 Å². The zero-order chi connectivity index (χ0) is 9.78. The summed E-state index contributed by atoms with van der Waals surface area (Å²) in [4.78, 5) is 0. The Hall–Kier alpha value is 0.790. The fourth-order valence-electron chi connectivity index (χ4n) is 1.02. The van der Waals surface area contributed by atoms with E-state index in [9.17, 15) is 0 Å². The van der Waals surface area contributed by atoms with Gasteiger partial charge in [-0.05, 0) is 18.6 Å². The molecule has 0 aliphatic carbocycles. The minimum absolute atomic E-state index is 0.928. The minimum Gasteiger partial charge on any atom is -0.381 e. The molecule has 0 aromatic rings. The van der Waals surface area contributed by atoms with E-state index >= 15 is 0 Å². The van der Waals surface area contributed by atoms with Crippen molar-refractivity contribution in [3.8, 4) is 0 Å². The van der Waals surface area contributed by atoms with Crippen LogP contribution in [0.2, 0.25) is 0 Å². The molecule has 0 bridgehead atoms. The number of unbranched alkanes of at least 4 members (excludes halogenated alkanes) is 3. The van der Waals surface area contributed by atoms with Crippen molar-refractivity contribution in [1.82, 2.24) is 0 Å². The molecule has 13 heavy (non-hydrogen) atoms. The van der Waals surface area contributed by atoms with Gasteiger partial charge >= 0.3 is 0 Å². The van der Waals surface area contributed by atoms with Gasteiger partial charge < -0.3 is 4.74 Å². The number of halogens is 1.